The normalized spacial score (nSPS) is 17.6. The van der Waals surface area contributed by atoms with E-state index in [-0.39, 0.29) is 17.0 Å². The Hall–Kier alpha value is -1.85. The van der Waals surface area contributed by atoms with Gasteiger partial charge in [-0.25, -0.2) is 8.78 Å². The molecule has 0 amide bonds. The second kappa shape index (κ2) is 4.80. The minimum Gasteiger partial charge on any atom is -0.493 e. The molecule has 98 valence electrons. The highest BCUT2D eigenvalue weighted by Crippen LogP contribution is 2.49. The Balaban J connectivity index is 1.93. The van der Waals surface area contributed by atoms with Crippen LogP contribution in [-0.4, -0.2) is 17.6 Å². The van der Waals surface area contributed by atoms with E-state index in [4.69, 9.17) is 15.7 Å². The Labute approximate surface area is 103 Å². The summed E-state index contributed by atoms with van der Waals surface area (Å²) in [5.74, 6) is -1.41. The first kappa shape index (κ1) is 12.6. The first-order valence-electron chi connectivity index (χ1n) is 5.59. The smallest absolute Gasteiger partial charge is 0.162 e. The summed E-state index contributed by atoms with van der Waals surface area (Å²) in [7, 11) is 0. The zero-order chi connectivity index (χ0) is 13.2. The van der Waals surface area contributed by atoms with Crippen molar-refractivity contribution in [3.8, 4) is 5.75 Å². The number of ether oxygens (including phenoxy) is 1. The van der Waals surface area contributed by atoms with E-state index < -0.39 is 11.6 Å². The van der Waals surface area contributed by atoms with E-state index in [0.717, 1.165) is 25.0 Å². The summed E-state index contributed by atoms with van der Waals surface area (Å²) in [6, 6.07) is 3.40. The Morgan fingerprint density at radius 3 is 2.67 bits per heavy atom. The molecular formula is C12H14F2N2O2. The molecule has 0 radical (unpaired) electrons. The number of benzene rings is 1. The summed E-state index contributed by atoms with van der Waals surface area (Å²) in [5.41, 5.74) is 5.31. The maximum Gasteiger partial charge on any atom is 0.162 e. The van der Waals surface area contributed by atoms with Gasteiger partial charge in [-0.05, 0) is 25.0 Å². The van der Waals surface area contributed by atoms with Crippen LogP contribution in [0.2, 0.25) is 0 Å². The van der Waals surface area contributed by atoms with Crippen molar-refractivity contribution in [2.45, 2.75) is 19.3 Å². The predicted octanol–water partition coefficient (Wildman–Crippen LogP) is 2.26. The highest BCUT2D eigenvalue weighted by atomic mass is 19.2. The third-order valence-corrected chi connectivity index (χ3v) is 3.08. The fourth-order valence-corrected chi connectivity index (χ4v) is 1.77. The number of hydrogen-bond donors (Lipinski definition) is 2. The lowest BCUT2D eigenvalue weighted by atomic mass is 10.0. The third kappa shape index (κ3) is 2.88. The van der Waals surface area contributed by atoms with E-state index in [2.05, 4.69) is 5.16 Å². The summed E-state index contributed by atoms with van der Waals surface area (Å²) < 4.78 is 31.1. The van der Waals surface area contributed by atoms with Crippen LogP contribution in [0.4, 0.5) is 8.78 Å². The summed E-state index contributed by atoms with van der Waals surface area (Å²) in [5, 5.41) is 11.4. The number of nitrogens with two attached hydrogens (primary N) is 1. The van der Waals surface area contributed by atoms with Crippen molar-refractivity contribution in [3.05, 3.63) is 29.8 Å². The average molecular weight is 256 g/mol. The van der Waals surface area contributed by atoms with Gasteiger partial charge in [-0.15, -0.1) is 0 Å². The number of rotatable bonds is 5. The van der Waals surface area contributed by atoms with Crippen LogP contribution in [0.1, 0.15) is 19.3 Å². The second-order valence-electron chi connectivity index (χ2n) is 4.63. The summed E-state index contributed by atoms with van der Waals surface area (Å²) in [6.45, 7) is 0.342. The summed E-state index contributed by atoms with van der Waals surface area (Å²) in [6.07, 6.45) is 2.26. The van der Waals surface area contributed by atoms with Crippen LogP contribution in [0.3, 0.4) is 0 Å². The molecule has 0 saturated heterocycles. The van der Waals surface area contributed by atoms with E-state index in [1.54, 1.807) is 0 Å². The largest absolute Gasteiger partial charge is 0.493 e. The van der Waals surface area contributed by atoms with Gasteiger partial charge in [0, 0.05) is 17.9 Å². The van der Waals surface area contributed by atoms with Crippen LogP contribution in [-0.2, 0) is 0 Å². The van der Waals surface area contributed by atoms with Crippen molar-refractivity contribution in [3.63, 3.8) is 0 Å². The van der Waals surface area contributed by atoms with E-state index in [1.165, 1.54) is 6.07 Å². The first-order chi connectivity index (χ1) is 8.54. The molecule has 0 heterocycles. The van der Waals surface area contributed by atoms with Crippen LogP contribution in [0.25, 0.3) is 0 Å². The van der Waals surface area contributed by atoms with Crippen LogP contribution >= 0.6 is 0 Å². The van der Waals surface area contributed by atoms with Crippen molar-refractivity contribution >= 4 is 5.84 Å². The number of oxime groups is 1. The van der Waals surface area contributed by atoms with Gasteiger partial charge in [-0.3, -0.25) is 0 Å². The molecule has 1 saturated carbocycles. The Bertz CT molecular complexity index is 473. The van der Waals surface area contributed by atoms with E-state index in [1.807, 2.05) is 0 Å². The molecule has 2 rings (SSSR count). The third-order valence-electron chi connectivity index (χ3n) is 3.08. The second-order valence-corrected chi connectivity index (χ2v) is 4.63. The molecule has 0 atom stereocenters. The highest BCUT2D eigenvalue weighted by molar-refractivity contribution is 5.80. The molecule has 0 aliphatic heterocycles. The number of amidine groups is 1. The summed E-state index contributed by atoms with van der Waals surface area (Å²) in [4.78, 5) is 0. The molecule has 1 aromatic carbocycles. The number of halogens is 2. The Morgan fingerprint density at radius 2 is 2.11 bits per heavy atom. The Kier molecular flexibility index (Phi) is 3.36. The number of hydrogen-bond acceptors (Lipinski definition) is 3. The monoisotopic (exact) mass is 256 g/mol. The van der Waals surface area contributed by atoms with Crippen molar-refractivity contribution < 1.29 is 18.7 Å². The maximum atomic E-state index is 13.0. The van der Waals surface area contributed by atoms with Crippen molar-refractivity contribution in [2.75, 3.05) is 6.61 Å². The van der Waals surface area contributed by atoms with Crippen LogP contribution in [0, 0.1) is 17.0 Å². The molecule has 1 aromatic rings. The fraction of sp³-hybridized carbons (Fsp3) is 0.417. The van der Waals surface area contributed by atoms with Crippen LogP contribution in [0.15, 0.2) is 23.4 Å². The van der Waals surface area contributed by atoms with Gasteiger partial charge in [0.15, 0.2) is 11.6 Å². The molecule has 3 N–H and O–H groups in total. The van der Waals surface area contributed by atoms with Crippen LogP contribution in [0.5, 0.6) is 5.75 Å². The van der Waals surface area contributed by atoms with Gasteiger partial charge in [0.05, 0.1) is 6.61 Å². The molecular weight excluding hydrogens is 242 g/mol. The zero-order valence-electron chi connectivity index (χ0n) is 9.70. The summed E-state index contributed by atoms with van der Waals surface area (Å²) >= 11 is 0. The topological polar surface area (TPSA) is 67.8 Å². The molecule has 6 heteroatoms. The lowest BCUT2D eigenvalue weighted by Crippen LogP contribution is -2.22. The van der Waals surface area contributed by atoms with E-state index in [0.29, 0.717) is 13.0 Å². The molecule has 4 nitrogen and oxygen atoms in total. The molecule has 1 aliphatic carbocycles. The predicted molar refractivity (Wildman–Crippen MR) is 61.5 cm³/mol. The molecule has 0 bridgehead atoms. The number of nitrogens with zero attached hydrogens (tertiary/aromatic N) is 1. The minimum atomic E-state index is -0.936. The SMILES string of the molecule is NC(CC1(COc2ccc(F)c(F)c2)CC1)=NO. The van der Waals surface area contributed by atoms with Crippen molar-refractivity contribution in [2.24, 2.45) is 16.3 Å². The molecule has 0 aromatic heterocycles. The standard InChI is InChI=1S/C12H14F2N2O2/c13-9-2-1-8(5-10(9)14)18-7-12(3-4-12)6-11(15)16-17/h1-2,5,17H,3-4,6-7H2,(H2,15,16). The average Bonchev–Trinajstić information content (AvgIpc) is 3.11. The Morgan fingerprint density at radius 1 is 1.39 bits per heavy atom. The lowest BCUT2D eigenvalue weighted by Gasteiger charge is -2.15. The van der Waals surface area contributed by atoms with Crippen molar-refractivity contribution in [1.29, 1.82) is 0 Å². The fourth-order valence-electron chi connectivity index (χ4n) is 1.77. The highest BCUT2D eigenvalue weighted by Gasteiger charge is 2.44. The van der Waals surface area contributed by atoms with Gasteiger partial charge >= 0.3 is 0 Å². The van der Waals surface area contributed by atoms with E-state index in [9.17, 15) is 8.78 Å². The van der Waals surface area contributed by atoms with Gasteiger partial charge in [0.1, 0.15) is 11.6 Å². The maximum absolute atomic E-state index is 13.0. The van der Waals surface area contributed by atoms with Gasteiger partial charge < -0.3 is 15.7 Å². The van der Waals surface area contributed by atoms with Crippen molar-refractivity contribution in [1.82, 2.24) is 0 Å². The lowest BCUT2D eigenvalue weighted by molar-refractivity contribution is 0.235. The van der Waals surface area contributed by atoms with E-state index >= 15 is 0 Å². The van der Waals surface area contributed by atoms with Gasteiger partial charge in [-0.1, -0.05) is 5.16 Å². The van der Waals surface area contributed by atoms with Crippen LogP contribution < -0.4 is 10.5 Å². The first-order valence-corrected chi connectivity index (χ1v) is 5.59. The van der Waals surface area contributed by atoms with Gasteiger partial charge in [0.25, 0.3) is 0 Å². The molecule has 0 spiro atoms. The minimum absolute atomic E-state index is 0.138. The zero-order valence-corrected chi connectivity index (χ0v) is 9.70. The van der Waals surface area contributed by atoms with Gasteiger partial charge in [-0.2, -0.15) is 0 Å². The molecule has 1 aliphatic rings. The quantitative estimate of drug-likeness (QED) is 0.367. The van der Waals surface area contributed by atoms with Gasteiger partial charge in [0.2, 0.25) is 0 Å². The molecule has 18 heavy (non-hydrogen) atoms. The molecule has 1 fully saturated rings. The molecule has 0 unspecified atom stereocenters.